The third-order valence-electron chi connectivity index (χ3n) is 4.41. The third kappa shape index (κ3) is 5.73. The van der Waals surface area contributed by atoms with Gasteiger partial charge in [0.05, 0.1) is 6.20 Å². The average molecular weight is 386 g/mol. The van der Waals surface area contributed by atoms with E-state index in [1.54, 1.807) is 6.20 Å². The summed E-state index contributed by atoms with van der Waals surface area (Å²) in [4.78, 5) is 18.5. The molecule has 1 amide bonds. The maximum absolute atomic E-state index is 12.3. The fraction of sp³-hybridized carbons (Fsp3) is 0.444. The average Bonchev–Trinajstić information content (AvgIpc) is 3.09. The van der Waals surface area contributed by atoms with E-state index in [1.807, 2.05) is 42.3 Å². The lowest BCUT2D eigenvalue weighted by Crippen LogP contribution is -2.44. The van der Waals surface area contributed by atoms with Crippen molar-refractivity contribution in [2.45, 2.75) is 31.7 Å². The van der Waals surface area contributed by atoms with E-state index in [0.717, 1.165) is 37.3 Å². The predicted molar refractivity (Wildman–Crippen MR) is 103 cm³/mol. The first-order valence-corrected chi connectivity index (χ1v) is 8.20. The van der Waals surface area contributed by atoms with Crippen LogP contribution in [0.2, 0.25) is 0 Å². The lowest BCUT2D eigenvalue weighted by atomic mass is 10.0. The first-order chi connectivity index (χ1) is 11.2. The summed E-state index contributed by atoms with van der Waals surface area (Å²) >= 11 is 0. The van der Waals surface area contributed by atoms with Gasteiger partial charge in [-0.1, -0.05) is 30.3 Å². The largest absolute Gasteiger partial charge is 0.441 e. The van der Waals surface area contributed by atoms with Gasteiger partial charge in [-0.3, -0.25) is 4.79 Å². The number of rotatable bonds is 5. The Hall–Kier alpha value is -1.56. The van der Waals surface area contributed by atoms with Crippen molar-refractivity contribution >= 4 is 30.7 Å². The van der Waals surface area contributed by atoms with Gasteiger partial charge in [0.15, 0.2) is 11.7 Å². The number of piperidine rings is 1. The molecule has 1 aliphatic rings. The molecule has 2 aromatic rings. The van der Waals surface area contributed by atoms with Crippen molar-refractivity contribution in [3.63, 3.8) is 0 Å². The molecular weight excluding hydrogens is 361 g/mol. The highest BCUT2D eigenvalue weighted by molar-refractivity contribution is 5.85. The number of aryl methyl sites for hydroxylation is 1. The van der Waals surface area contributed by atoms with Crippen LogP contribution in [-0.4, -0.2) is 42.0 Å². The molecule has 0 atom stereocenters. The first kappa shape index (κ1) is 21.5. The summed E-state index contributed by atoms with van der Waals surface area (Å²) in [5, 5.41) is 3.32. The molecule has 0 radical (unpaired) electrons. The zero-order valence-corrected chi connectivity index (χ0v) is 15.9. The van der Waals surface area contributed by atoms with Crippen molar-refractivity contribution in [3.8, 4) is 11.3 Å². The molecule has 7 heteroatoms. The number of aromatic nitrogens is 1. The molecule has 1 fully saturated rings. The van der Waals surface area contributed by atoms with E-state index in [2.05, 4.69) is 10.3 Å². The summed E-state index contributed by atoms with van der Waals surface area (Å²) in [6.45, 7) is 1.98. The van der Waals surface area contributed by atoms with Gasteiger partial charge in [0.1, 0.15) is 0 Å². The van der Waals surface area contributed by atoms with Crippen molar-refractivity contribution in [3.05, 3.63) is 42.4 Å². The molecule has 5 nitrogen and oxygen atoms in total. The molecule has 138 valence electrons. The molecule has 1 aromatic carbocycles. The molecule has 0 unspecified atom stereocenters. The fourth-order valence-corrected chi connectivity index (χ4v) is 2.95. The minimum atomic E-state index is 0. The molecule has 1 aliphatic heterocycles. The molecule has 1 saturated heterocycles. The van der Waals surface area contributed by atoms with Crippen LogP contribution in [0.1, 0.15) is 25.2 Å². The highest BCUT2D eigenvalue weighted by atomic mass is 35.5. The van der Waals surface area contributed by atoms with Crippen LogP contribution < -0.4 is 5.32 Å². The van der Waals surface area contributed by atoms with Gasteiger partial charge >= 0.3 is 0 Å². The van der Waals surface area contributed by atoms with Crippen molar-refractivity contribution in [2.75, 3.05) is 20.1 Å². The molecule has 25 heavy (non-hydrogen) atoms. The van der Waals surface area contributed by atoms with Gasteiger partial charge in [-0.15, -0.1) is 24.8 Å². The number of carbonyl (C=O) groups excluding carboxylic acids is 1. The van der Waals surface area contributed by atoms with E-state index in [0.29, 0.717) is 24.8 Å². The van der Waals surface area contributed by atoms with Crippen LogP contribution >= 0.6 is 24.8 Å². The van der Waals surface area contributed by atoms with Crippen molar-refractivity contribution < 1.29 is 9.21 Å². The van der Waals surface area contributed by atoms with Gasteiger partial charge in [0.25, 0.3) is 0 Å². The second-order valence-corrected chi connectivity index (χ2v) is 5.97. The Balaban J connectivity index is 0.00000156. The molecule has 1 aromatic heterocycles. The monoisotopic (exact) mass is 385 g/mol. The number of hydrogen-bond donors (Lipinski definition) is 1. The summed E-state index contributed by atoms with van der Waals surface area (Å²) in [7, 11) is 1.91. The van der Waals surface area contributed by atoms with Crippen LogP contribution in [0.5, 0.6) is 0 Å². The Morgan fingerprint density at radius 3 is 2.60 bits per heavy atom. The topological polar surface area (TPSA) is 58.4 Å². The molecule has 2 heterocycles. The summed E-state index contributed by atoms with van der Waals surface area (Å²) in [5.41, 5.74) is 1.00. The van der Waals surface area contributed by atoms with Crippen LogP contribution in [-0.2, 0) is 11.2 Å². The number of nitrogens with one attached hydrogen (secondary N) is 1. The van der Waals surface area contributed by atoms with E-state index in [-0.39, 0.29) is 30.7 Å². The molecule has 3 rings (SSSR count). The lowest BCUT2D eigenvalue weighted by molar-refractivity contribution is -0.132. The highest BCUT2D eigenvalue weighted by Crippen LogP contribution is 2.20. The Kier molecular flexibility index (Phi) is 8.97. The molecular formula is C18H25Cl2N3O2. The molecule has 0 saturated carbocycles. The van der Waals surface area contributed by atoms with E-state index in [1.165, 1.54) is 0 Å². The Labute approximate surface area is 161 Å². The quantitative estimate of drug-likeness (QED) is 0.857. The second-order valence-electron chi connectivity index (χ2n) is 5.97. The van der Waals surface area contributed by atoms with Crippen molar-refractivity contribution in [2.24, 2.45) is 0 Å². The van der Waals surface area contributed by atoms with Gasteiger partial charge in [-0.25, -0.2) is 4.98 Å². The van der Waals surface area contributed by atoms with E-state index < -0.39 is 0 Å². The van der Waals surface area contributed by atoms with Crippen molar-refractivity contribution in [1.82, 2.24) is 15.2 Å². The number of carbonyl (C=O) groups is 1. The predicted octanol–water partition coefficient (Wildman–Crippen LogP) is 3.33. The Morgan fingerprint density at radius 1 is 1.24 bits per heavy atom. The van der Waals surface area contributed by atoms with E-state index in [4.69, 9.17) is 4.42 Å². The molecule has 1 N–H and O–H groups in total. The number of halogens is 2. The van der Waals surface area contributed by atoms with Gasteiger partial charge in [-0.05, 0) is 25.9 Å². The molecule has 0 spiro atoms. The number of amides is 1. The van der Waals surface area contributed by atoms with Crippen molar-refractivity contribution in [1.29, 1.82) is 0 Å². The fourth-order valence-electron chi connectivity index (χ4n) is 2.95. The molecule has 0 aliphatic carbocycles. The first-order valence-electron chi connectivity index (χ1n) is 8.20. The number of hydrogen-bond acceptors (Lipinski definition) is 4. The van der Waals surface area contributed by atoms with E-state index >= 15 is 0 Å². The summed E-state index contributed by atoms with van der Waals surface area (Å²) in [6, 6.07) is 10.2. The number of benzene rings is 1. The number of nitrogens with zero attached hydrogens (tertiary/aromatic N) is 2. The summed E-state index contributed by atoms with van der Waals surface area (Å²) in [6.07, 6.45) is 4.76. The highest BCUT2D eigenvalue weighted by Gasteiger charge is 2.22. The van der Waals surface area contributed by atoms with Crippen LogP contribution in [0.25, 0.3) is 11.3 Å². The van der Waals surface area contributed by atoms with Crippen LogP contribution in [0.4, 0.5) is 0 Å². The SMILES string of the molecule is CN(C(=O)CCc1ncc(-c2ccccc2)o1)C1CCNCC1.Cl.Cl. The summed E-state index contributed by atoms with van der Waals surface area (Å²) in [5.74, 6) is 1.53. The maximum Gasteiger partial charge on any atom is 0.223 e. The maximum atomic E-state index is 12.3. The lowest BCUT2D eigenvalue weighted by Gasteiger charge is -2.31. The minimum absolute atomic E-state index is 0. The second kappa shape index (κ2) is 10.4. The van der Waals surface area contributed by atoms with Gasteiger partial charge < -0.3 is 14.6 Å². The minimum Gasteiger partial charge on any atom is -0.441 e. The third-order valence-corrected chi connectivity index (χ3v) is 4.41. The zero-order valence-electron chi connectivity index (χ0n) is 14.3. The smallest absolute Gasteiger partial charge is 0.223 e. The Bertz CT molecular complexity index is 643. The van der Waals surface area contributed by atoms with Crippen LogP contribution in [0.3, 0.4) is 0 Å². The summed E-state index contributed by atoms with van der Waals surface area (Å²) < 4.78 is 5.75. The Morgan fingerprint density at radius 2 is 1.92 bits per heavy atom. The van der Waals surface area contributed by atoms with Gasteiger partial charge in [0, 0.05) is 31.5 Å². The van der Waals surface area contributed by atoms with Crippen LogP contribution in [0.15, 0.2) is 40.9 Å². The van der Waals surface area contributed by atoms with Gasteiger partial charge in [0.2, 0.25) is 5.91 Å². The zero-order chi connectivity index (χ0) is 16.1. The normalized spacial score (nSPS) is 14.3. The van der Waals surface area contributed by atoms with E-state index in [9.17, 15) is 4.79 Å². The number of oxazole rings is 1. The van der Waals surface area contributed by atoms with Gasteiger partial charge in [-0.2, -0.15) is 0 Å². The van der Waals surface area contributed by atoms with Crippen LogP contribution in [0, 0.1) is 0 Å². The standard InChI is InChI=1S/C18H23N3O2.2ClH/c1-21(15-9-11-19-12-10-15)18(22)8-7-17-20-13-16(23-17)14-5-3-2-4-6-14;;/h2-6,13,15,19H,7-12H2,1H3;2*1H. The molecule has 0 bridgehead atoms.